The van der Waals surface area contributed by atoms with Crippen LogP contribution in [0.5, 0.6) is 0 Å². The molecule has 2 bridgehead atoms. The average Bonchev–Trinajstić information content (AvgIpc) is 3.19. The van der Waals surface area contributed by atoms with Gasteiger partial charge in [-0.25, -0.2) is 9.69 Å². The fourth-order valence-corrected chi connectivity index (χ4v) is 5.27. The topological polar surface area (TPSA) is 63.7 Å². The van der Waals surface area contributed by atoms with E-state index in [2.05, 4.69) is 12.2 Å². The molecule has 5 nitrogen and oxygen atoms in total. The molecule has 3 fully saturated rings. The van der Waals surface area contributed by atoms with Crippen molar-refractivity contribution in [2.45, 2.75) is 12.8 Å². The average molecular weight is 323 g/mol. The molecule has 0 unspecified atom stereocenters. The SMILES string of the molecule is COC(=O)c1ccccc1N1C(=O)[C@@H]2[C@H](C1=O)[C@H]1C=C[C@H]2C12CC2. The van der Waals surface area contributed by atoms with Crippen LogP contribution in [0.1, 0.15) is 23.2 Å². The first-order chi connectivity index (χ1) is 11.6. The molecular formula is C19H17NO4. The number of benzene rings is 1. The second kappa shape index (κ2) is 4.35. The molecule has 4 aliphatic rings. The van der Waals surface area contributed by atoms with Crippen molar-refractivity contribution in [3.63, 3.8) is 0 Å². The summed E-state index contributed by atoms with van der Waals surface area (Å²) in [6.45, 7) is 0. The van der Waals surface area contributed by atoms with E-state index in [4.69, 9.17) is 4.74 Å². The van der Waals surface area contributed by atoms with Crippen LogP contribution >= 0.6 is 0 Å². The molecule has 1 aliphatic heterocycles. The van der Waals surface area contributed by atoms with E-state index in [1.807, 2.05) is 0 Å². The summed E-state index contributed by atoms with van der Waals surface area (Å²) in [7, 11) is 1.29. The van der Waals surface area contributed by atoms with Gasteiger partial charge in [-0.05, 0) is 42.2 Å². The Bertz CT molecular complexity index is 788. The van der Waals surface area contributed by atoms with E-state index in [9.17, 15) is 14.4 Å². The number of anilines is 1. The number of hydrogen-bond acceptors (Lipinski definition) is 4. The summed E-state index contributed by atoms with van der Waals surface area (Å²) in [5, 5.41) is 0. The highest BCUT2D eigenvalue weighted by Crippen LogP contribution is 2.73. The number of carbonyl (C=O) groups excluding carboxylic acids is 3. The number of allylic oxidation sites excluding steroid dienone is 2. The molecule has 2 saturated carbocycles. The van der Waals surface area contributed by atoms with E-state index in [1.165, 1.54) is 12.0 Å². The van der Waals surface area contributed by atoms with Crippen LogP contribution < -0.4 is 4.90 Å². The number of rotatable bonds is 2. The molecule has 4 atom stereocenters. The second-order valence-corrected chi connectivity index (χ2v) is 7.24. The van der Waals surface area contributed by atoms with Crippen LogP contribution in [-0.4, -0.2) is 24.9 Å². The molecule has 122 valence electrons. The molecule has 1 heterocycles. The van der Waals surface area contributed by atoms with Crippen LogP contribution in [0, 0.1) is 29.1 Å². The Labute approximate surface area is 139 Å². The molecule has 1 aromatic rings. The third-order valence-corrected chi connectivity index (χ3v) is 6.40. The van der Waals surface area contributed by atoms with Gasteiger partial charge in [0, 0.05) is 0 Å². The predicted molar refractivity (Wildman–Crippen MR) is 85.0 cm³/mol. The van der Waals surface area contributed by atoms with E-state index in [0.717, 1.165) is 12.8 Å². The first-order valence-corrected chi connectivity index (χ1v) is 8.33. The summed E-state index contributed by atoms with van der Waals surface area (Å²) in [5.41, 5.74) is 0.773. The van der Waals surface area contributed by atoms with E-state index >= 15 is 0 Å². The van der Waals surface area contributed by atoms with Crippen LogP contribution in [0.25, 0.3) is 0 Å². The molecule has 1 saturated heterocycles. The summed E-state index contributed by atoms with van der Waals surface area (Å²) in [4.78, 5) is 39.4. The molecule has 3 aliphatic carbocycles. The Kier molecular flexibility index (Phi) is 2.53. The van der Waals surface area contributed by atoms with Crippen molar-refractivity contribution < 1.29 is 19.1 Å². The summed E-state index contributed by atoms with van der Waals surface area (Å²) in [5.74, 6) is -1.03. The number of nitrogens with zero attached hydrogens (tertiary/aromatic N) is 1. The molecule has 24 heavy (non-hydrogen) atoms. The standard InChI is InChI=1S/C19H17NO4/c1-24-18(23)10-4-2-3-5-13(10)20-16(21)14-11-6-7-12(15(14)17(20)22)19(11)8-9-19/h2-7,11-12,14-15H,8-9H2,1H3/t11-,12-,14-,15+/m1/s1. The van der Waals surface area contributed by atoms with Gasteiger partial charge in [-0.15, -0.1) is 0 Å². The van der Waals surface area contributed by atoms with Crippen molar-refractivity contribution in [1.82, 2.24) is 0 Å². The first kappa shape index (κ1) is 14.0. The Hall–Kier alpha value is -2.43. The predicted octanol–water partition coefficient (Wildman–Crippen LogP) is 2.17. The van der Waals surface area contributed by atoms with Gasteiger partial charge in [0.1, 0.15) is 0 Å². The molecule has 0 N–H and O–H groups in total. The highest BCUT2D eigenvalue weighted by molar-refractivity contribution is 6.24. The maximum absolute atomic E-state index is 13.1. The molecule has 5 rings (SSSR count). The fourth-order valence-electron chi connectivity index (χ4n) is 5.27. The molecule has 5 heteroatoms. The summed E-state index contributed by atoms with van der Waals surface area (Å²) < 4.78 is 4.80. The number of amides is 2. The fraction of sp³-hybridized carbons (Fsp3) is 0.421. The van der Waals surface area contributed by atoms with Crippen molar-refractivity contribution in [2.75, 3.05) is 12.0 Å². The van der Waals surface area contributed by atoms with Crippen molar-refractivity contribution in [1.29, 1.82) is 0 Å². The van der Waals surface area contributed by atoms with Crippen molar-refractivity contribution >= 4 is 23.5 Å². The van der Waals surface area contributed by atoms with E-state index < -0.39 is 5.97 Å². The number of ether oxygens (including phenoxy) is 1. The Morgan fingerprint density at radius 1 is 1.08 bits per heavy atom. The van der Waals surface area contributed by atoms with Gasteiger partial charge in [0.25, 0.3) is 0 Å². The molecule has 2 amide bonds. The maximum atomic E-state index is 13.1. The zero-order valence-corrected chi connectivity index (χ0v) is 13.3. The van der Waals surface area contributed by atoms with Gasteiger partial charge >= 0.3 is 5.97 Å². The Morgan fingerprint density at radius 3 is 2.21 bits per heavy atom. The first-order valence-electron chi connectivity index (χ1n) is 8.33. The number of methoxy groups -OCH3 is 1. The lowest BCUT2D eigenvalue weighted by molar-refractivity contribution is -0.123. The second-order valence-electron chi connectivity index (χ2n) is 7.24. The molecule has 1 spiro atoms. The van der Waals surface area contributed by atoms with E-state index in [-0.39, 0.29) is 46.5 Å². The van der Waals surface area contributed by atoms with Crippen LogP contribution in [0.3, 0.4) is 0 Å². The number of esters is 1. The number of carbonyl (C=O) groups is 3. The summed E-state index contributed by atoms with van der Waals surface area (Å²) in [6.07, 6.45) is 6.50. The van der Waals surface area contributed by atoms with Gasteiger partial charge in [-0.3, -0.25) is 9.59 Å². The summed E-state index contributed by atoms with van der Waals surface area (Å²) in [6, 6.07) is 6.66. The van der Waals surface area contributed by atoms with Crippen molar-refractivity contribution in [2.24, 2.45) is 29.1 Å². The lowest BCUT2D eigenvalue weighted by atomic mass is 9.85. The molecule has 0 radical (unpaired) electrons. The van der Waals surface area contributed by atoms with Gasteiger partial charge in [0.2, 0.25) is 11.8 Å². The number of hydrogen-bond donors (Lipinski definition) is 0. The lowest BCUT2D eigenvalue weighted by Crippen LogP contribution is -2.35. The van der Waals surface area contributed by atoms with Crippen molar-refractivity contribution in [3.8, 4) is 0 Å². The quantitative estimate of drug-likeness (QED) is 0.475. The van der Waals surface area contributed by atoms with Crippen molar-refractivity contribution in [3.05, 3.63) is 42.0 Å². The van der Waals surface area contributed by atoms with E-state index in [1.54, 1.807) is 24.3 Å². The van der Waals surface area contributed by atoms with Gasteiger partial charge < -0.3 is 4.74 Å². The molecule has 0 aromatic heterocycles. The lowest BCUT2D eigenvalue weighted by Gasteiger charge is -2.23. The maximum Gasteiger partial charge on any atom is 0.339 e. The Morgan fingerprint density at radius 2 is 1.67 bits per heavy atom. The van der Waals surface area contributed by atoms with Gasteiger partial charge in [-0.2, -0.15) is 0 Å². The van der Waals surface area contributed by atoms with E-state index in [0.29, 0.717) is 5.69 Å². The number of para-hydroxylation sites is 1. The highest BCUT2D eigenvalue weighted by Gasteiger charge is 2.73. The third-order valence-electron chi connectivity index (χ3n) is 6.40. The summed E-state index contributed by atoms with van der Waals surface area (Å²) >= 11 is 0. The normalized spacial score (nSPS) is 34.1. The number of fused-ring (bicyclic) bond motifs is 3. The Balaban J connectivity index is 1.58. The minimum atomic E-state index is -0.539. The molecule has 1 aromatic carbocycles. The zero-order valence-electron chi connectivity index (χ0n) is 13.3. The van der Waals surface area contributed by atoms with Gasteiger partial charge in [0.05, 0.1) is 30.2 Å². The highest BCUT2D eigenvalue weighted by atomic mass is 16.5. The molecular weight excluding hydrogens is 306 g/mol. The monoisotopic (exact) mass is 323 g/mol. The van der Waals surface area contributed by atoms with Crippen LogP contribution in [-0.2, 0) is 14.3 Å². The van der Waals surface area contributed by atoms with Crippen LogP contribution in [0.15, 0.2) is 36.4 Å². The largest absolute Gasteiger partial charge is 0.465 e. The smallest absolute Gasteiger partial charge is 0.339 e. The van der Waals surface area contributed by atoms with Gasteiger partial charge in [-0.1, -0.05) is 24.3 Å². The zero-order chi connectivity index (χ0) is 16.6. The van der Waals surface area contributed by atoms with Crippen LogP contribution in [0.2, 0.25) is 0 Å². The number of imide groups is 1. The minimum absolute atomic E-state index is 0.163. The third kappa shape index (κ3) is 1.44. The van der Waals surface area contributed by atoms with Crippen LogP contribution in [0.4, 0.5) is 5.69 Å². The van der Waals surface area contributed by atoms with Gasteiger partial charge in [0.15, 0.2) is 0 Å². The minimum Gasteiger partial charge on any atom is -0.465 e.